The topological polar surface area (TPSA) is 66.0 Å². The molecule has 26 heavy (non-hydrogen) atoms. The number of carbonyl (C=O) groups is 1. The van der Waals surface area contributed by atoms with Crippen molar-refractivity contribution in [3.63, 3.8) is 0 Å². The lowest BCUT2D eigenvalue weighted by Crippen LogP contribution is -2.68. The standard InChI is InChI=1S/C19H34N4O2.HI/c1-5-21-18(22-16-14-8-11-25-17(14)19(16,2)3)23-9-6-13(7-10-23)12-15(24)20-4;/h13-14,16-17H,5-12H2,1-4H3,(H,20,24)(H,21,22);1H. The SMILES string of the molecule is CCN=C(NC1C2CCOC2C1(C)C)N1CCC(CC(=O)NC)CC1.I. The Morgan fingerprint density at radius 2 is 1.96 bits per heavy atom. The lowest BCUT2D eigenvalue weighted by atomic mass is 9.57. The first kappa shape index (κ1) is 21.7. The van der Waals surface area contributed by atoms with Gasteiger partial charge in [0.1, 0.15) is 0 Å². The maximum Gasteiger partial charge on any atom is 0.220 e. The zero-order valence-electron chi connectivity index (χ0n) is 16.6. The summed E-state index contributed by atoms with van der Waals surface area (Å²) in [5.74, 6) is 2.31. The van der Waals surface area contributed by atoms with Crippen LogP contribution in [0.5, 0.6) is 0 Å². The van der Waals surface area contributed by atoms with Gasteiger partial charge in [-0.1, -0.05) is 13.8 Å². The minimum atomic E-state index is 0. The van der Waals surface area contributed by atoms with Crippen LogP contribution in [-0.4, -0.2) is 62.2 Å². The molecule has 0 aromatic heterocycles. The van der Waals surface area contributed by atoms with Crippen LogP contribution in [0.3, 0.4) is 0 Å². The van der Waals surface area contributed by atoms with E-state index in [4.69, 9.17) is 9.73 Å². The Bertz CT molecular complexity index is 518. The zero-order chi connectivity index (χ0) is 18.0. The third-order valence-electron chi connectivity index (χ3n) is 6.36. The molecule has 0 aromatic rings. The number of fused-ring (bicyclic) bond motifs is 1. The van der Waals surface area contributed by atoms with E-state index in [0.717, 1.165) is 51.5 Å². The normalized spacial score (nSPS) is 30.8. The number of amides is 1. The fourth-order valence-corrected chi connectivity index (χ4v) is 4.86. The smallest absolute Gasteiger partial charge is 0.220 e. The van der Waals surface area contributed by atoms with Gasteiger partial charge < -0.3 is 20.3 Å². The molecular weight excluding hydrogens is 443 g/mol. The maximum absolute atomic E-state index is 11.6. The molecule has 1 saturated carbocycles. The van der Waals surface area contributed by atoms with Crippen molar-refractivity contribution in [2.75, 3.05) is 33.3 Å². The molecule has 3 fully saturated rings. The Morgan fingerprint density at radius 1 is 1.27 bits per heavy atom. The monoisotopic (exact) mass is 478 g/mol. The maximum atomic E-state index is 11.6. The van der Waals surface area contributed by atoms with Gasteiger partial charge in [0.05, 0.1) is 6.10 Å². The van der Waals surface area contributed by atoms with Crippen molar-refractivity contribution in [3.05, 3.63) is 0 Å². The number of aliphatic imine (C=N–C) groups is 1. The molecule has 3 atom stereocenters. The van der Waals surface area contributed by atoms with E-state index in [1.54, 1.807) is 7.05 Å². The number of halogens is 1. The van der Waals surface area contributed by atoms with Crippen LogP contribution in [0.15, 0.2) is 4.99 Å². The van der Waals surface area contributed by atoms with Gasteiger partial charge in [-0.15, -0.1) is 24.0 Å². The summed E-state index contributed by atoms with van der Waals surface area (Å²) in [6.07, 6.45) is 4.31. The highest BCUT2D eigenvalue weighted by molar-refractivity contribution is 14.0. The summed E-state index contributed by atoms with van der Waals surface area (Å²) in [6.45, 7) is 10.3. The summed E-state index contributed by atoms with van der Waals surface area (Å²) in [5.41, 5.74) is 0.160. The van der Waals surface area contributed by atoms with Crippen molar-refractivity contribution < 1.29 is 9.53 Å². The molecular formula is C19H35IN4O2. The molecule has 1 amide bonds. The first-order valence-electron chi connectivity index (χ1n) is 9.85. The molecule has 2 aliphatic heterocycles. The number of piperidine rings is 1. The number of nitrogens with zero attached hydrogens (tertiary/aromatic N) is 2. The zero-order valence-corrected chi connectivity index (χ0v) is 18.9. The number of nitrogens with one attached hydrogen (secondary N) is 2. The minimum Gasteiger partial charge on any atom is -0.377 e. The summed E-state index contributed by atoms with van der Waals surface area (Å²) in [4.78, 5) is 18.7. The van der Waals surface area contributed by atoms with Crippen molar-refractivity contribution in [1.29, 1.82) is 0 Å². The molecule has 3 aliphatic rings. The first-order chi connectivity index (χ1) is 12.0. The van der Waals surface area contributed by atoms with E-state index in [9.17, 15) is 4.79 Å². The second-order valence-electron chi connectivity index (χ2n) is 8.29. The lowest BCUT2D eigenvalue weighted by Gasteiger charge is -2.55. The minimum absolute atomic E-state index is 0. The van der Waals surface area contributed by atoms with E-state index in [1.165, 1.54) is 0 Å². The molecule has 7 heteroatoms. The third-order valence-corrected chi connectivity index (χ3v) is 6.36. The lowest BCUT2D eigenvalue weighted by molar-refractivity contribution is -0.121. The van der Waals surface area contributed by atoms with Crippen molar-refractivity contribution in [3.8, 4) is 0 Å². The van der Waals surface area contributed by atoms with E-state index < -0.39 is 0 Å². The molecule has 2 N–H and O–H groups in total. The van der Waals surface area contributed by atoms with Crippen molar-refractivity contribution >= 4 is 35.8 Å². The molecule has 2 saturated heterocycles. The summed E-state index contributed by atoms with van der Waals surface area (Å²) in [7, 11) is 1.72. The summed E-state index contributed by atoms with van der Waals surface area (Å²) in [5, 5.41) is 6.51. The highest BCUT2D eigenvalue weighted by Gasteiger charge is 2.59. The van der Waals surface area contributed by atoms with Crippen LogP contribution >= 0.6 is 24.0 Å². The van der Waals surface area contributed by atoms with Gasteiger partial charge >= 0.3 is 0 Å². The van der Waals surface area contributed by atoms with E-state index >= 15 is 0 Å². The Morgan fingerprint density at radius 3 is 2.58 bits per heavy atom. The molecule has 3 unspecified atom stereocenters. The van der Waals surface area contributed by atoms with Crippen LogP contribution < -0.4 is 10.6 Å². The quantitative estimate of drug-likeness (QED) is 0.370. The van der Waals surface area contributed by atoms with Crippen molar-refractivity contribution in [1.82, 2.24) is 15.5 Å². The van der Waals surface area contributed by atoms with Gasteiger partial charge in [-0.2, -0.15) is 0 Å². The fourth-order valence-electron chi connectivity index (χ4n) is 4.86. The third kappa shape index (κ3) is 4.29. The van der Waals surface area contributed by atoms with E-state index in [-0.39, 0.29) is 35.3 Å². The Kier molecular flexibility index (Phi) is 7.59. The first-order valence-corrected chi connectivity index (χ1v) is 9.85. The highest BCUT2D eigenvalue weighted by Crippen LogP contribution is 2.52. The molecule has 2 heterocycles. The Balaban J connectivity index is 0.00000243. The number of rotatable bonds is 4. The van der Waals surface area contributed by atoms with Crippen LogP contribution in [0, 0.1) is 17.3 Å². The Hall–Kier alpha value is -0.570. The number of hydrogen-bond donors (Lipinski definition) is 2. The Labute approximate surface area is 174 Å². The fraction of sp³-hybridized carbons (Fsp3) is 0.895. The number of likely N-dealkylation sites (tertiary alicyclic amines) is 1. The van der Waals surface area contributed by atoms with Crippen LogP contribution in [0.4, 0.5) is 0 Å². The van der Waals surface area contributed by atoms with Gasteiger partial charge in [-0.05, 0) is 32.1 Å². The molecule has 150 valence electrons. The average Bonchev–Trinajstić information content (AvgIpc) is 3.06. The van der Waals surface area contributed by atoms with E-state index in [1.807, 2.05) is 0 Å². The largest absolute Gasteiger partial charge is 0.377 e. The van der Waals surface area contributed by atoms with Gasteiger partial charge in [-0.3, -0.25) is 9.79 Å². The average molecular weight is 478 g/mol. The molecule has 0 spiro atoms. The molecule has 0 aromatic carbocycles. The summed E-state index contributed by atoms with van der Waals surface area (Å²) >= 11 is 0. The number of hydrogen-bond acceptors (Lipinski definition) is 3. The highest BCUT2D eigenvalue weighted by atomic mass is 127. The number of guanidine groups is 1. The molecule has 6 nitrogen and oxygen atoms in total. The van der Waals surface area contributed by atoms with Gasteiger partial charge in [-0.25, -0.2) is 0 Å². The van der Waals surface area contributed by atoms with Crippen LogP contribution in [0.2, 0.25) is 0 Å². The predicted molar refractivity (Wildman–Crippen MR) is 115 cm³/mol. The van der Waals surface area contributed by atoms with E-state index in [0.29, 0.717) is 30.4 Å². The number of carbonyl (C=O) groups excluding carboxylic acids is 1. The molecule has 3 rings (SSSR count). The summed E-state index contributed by atoms with van der Waals surface area (Å²) < 4.78 is 5.91. The van der Waals surface area contributed by atoms with Crippen LogP contribution in [0.25, 0.3) is 0 Å². The van der Waals surface area contributed by atoms with Gasteiger partial charge in [0.2, 0.25) is 5.91 Å². The van der Waals surface area contributed by atoms with Crippen molar-refractivity contribution in [2.24, 2.45) is 22.2 Å². The molecule has 0 radical (unpaired) electrons. The van der Waals surface area contributed by atoms with Crippen LogP contribution in [-0.2, 0) is 9.53 Å². The predicted octanol–water partition coefficient (Wildman–Crippen LogP) is 2.23. The number of ether oxygens (including phenoxy) is 1. The van der Waals surface area contributed by atoms with Crippen LogP contribution in [0.1, 0.15) is 46.5 Å². The second kappa shape index (κ2) is 9.08. The summed E-state index contributed by atoms with van der Waals surface area (Å²) in [6, 6.07) is 0.439. The van der Waals surface area contributed by atoms with Gasteiger partial charge in [0.15, 0.2) is 5.96 Å². The van der Waals surface area contributed by atoms with E-state index in [2.05, 4.69) is 36.3 Å². The molecule has 0 bridgehead atoms. The van der Waals surface area contributed by atoms with Gasteiger partial charge in [0.25, 0.3) is 0 Å². The molecule has 1 aliphatic carbocycles. The van der Waals surface area contributed by atoms with Gasteiger partial charge in [0, 0.05) is 57.1 Å². The second-order valence-corrected chi connectivity index (χ2v) is 8.29. The van der Waals surface area contributed by atoms with Crippen molar-refractivity contribution in [2.45, 2.75) is 58.6 Å².